The maximum Gasteiger partial charge on any atom is 0.00775 e. The van der Waals surface area contributed by atoms with Gasteiger partial charge in [0.15, 0.2) is 0 Å². The molecule has 0 N–H and O–H groups in total. The Hall–Kier alpha value is 0.350. The van der Waals surface area contributed by atoms with Gasteiger partial charge in [-0.3, -0.25) is 0 Å². The molecule has 2 unspecified atom stereocenters. The molecule has 0 spiro atoms. The third-order valence-electron chi connectivity index (χ3n) is 3.12. The largest absolute Gasteiger partial charge is 0.162 e. The van der Waals surface area contributed by atoms with Crippen molar-refractivity contribution in [2.45, 2.75) is 51.7 Å². The van der Waals surface area contributed by atoms with Crippen molar-refractivity contribution in [1.29, 1.82) is 0 Å². The minimum Gasteiger partial charge on any atom is -0.162 e. The fourth-order valence-corrected chi connectivity index (χ4v) is 3.64. The normalized spacial score (nSPS) is 32.0. The molecule has 12 heavy (non-hydrogen) atoms. The predicted octanol–water partition coefficient (Wildman–Crippen LogP) is 3.95. The van der Waals surface area contributed by atoms with E-state index >= 15 is 0 Å². The van der Waals surface area contributed by atoms with E-state index in [0.29, 0.717) is 5.41 Å². The lowest BCUT2D eigenvalue weighted by Gasteiger charge is -2.39. The molecular weight excluding hydrogens is 164 g/mol. The van der Waals surface area contributed by atoms with E-state index in [1.165, 1.54) is 25.7 Å². The van der Waals surface area contributed by atoms with Crippen LogP contribution in [0.25, 0.3) is 0 Å². The molecule has 72 valence electrons. The molecule has 1 aliphatic carbocycles. The highest BCUT2D eigenvalue weighted by Crippen LogP contribution is 2.42. The van der Waals surface area contributed by atoms with Crippen LogP contribution in [0.1, 0.15) is 46.5 Å². The molecule has 0 saturated heterocycles. The number of rotatable bonds is 1. The Morgan fingerprint density at radius 3 is 2.08 bits per heavy atom. The topological polar surface area (TPSA) is 0 Å². The SMILES string of the molecule is CSC1CCCCC1C(C)(C)C. The third-order valence-corrected chi connectivity index (χ3v) is 4.29. The molecule has 0 radical (unpaired) electrons. The highest BCUT2D eigenvalue weighted by molar-refractivity contribution is 7.99. The van der Waals surface area contributed by atoms with Crippen LogP contribution in [0.4, 0.5) is 0 Å². The van der Waals surface area contributed by atoms with Crippen LogP contribution in [-0.2, 0) is 0 Å². The van der Waals surface area contributed by atoms with Crippen LogP contribution in [0.3, 0.4) is 0 Å². The third kappa shape index (κ3) is 2.42. The summed E-state index contributed by atoms with van der Waals surface area (Å²) in [5.74, 6) is 0.946. The highest BCUT2D eigenvalue weighted by atomic mass is 32.2. The second kappa shape index (κ2) is 4.04. The lowest BCUT2D eigenvalue weighted by Crippen LogP contribution is -2.32. The summed E-state index contributed by atoms with van der Waals surface area (Å²) in [4.78, 5) is 0. The van der Waals surface area contributed by atoms with Gasteiger partial charge in [-0.05, 0) is 30.4 Å². The summed E-state index contributed by atoms with van der Waals surface area (Å²) < 4.78 is 0. The number of hydrogen-bond donors (Lipinski definition) is 0. The van der Waals surface area contributed by atoms with E-state index in [1.54, 1.807) is 0 Å². The summed E-state index contributed by atoms with van der Waals surface area (Å²) >= 11 is 2.08. The van der Waals surface area contributed by atoms with E-state index < -0.39 is 0 Å². The smallest absolute Gasteiger partial charge is 0.00775 e. The first kappa shape index (κ1) is 10.4. The van der Waals surface area contributed by atoms with Crippen molar-refractivity contribution in [2.24, 2.45) is 11.3 Å². The first-order valence-corrected chi connectivity index (χ1v) is 6.37. The fourth-order valence-electron chi connectivity index (χ4n) is 2.37. The van der Waals surface area contributed by atoms with Gasteiger partial charge in [0.1, 0.15) is 0 Å². The zero-order valence-corrected chi connectivity index (χ0v) is 9.71. The number of thioether (sulfide) groups is 1. The molecule has 0 aliphatic heterocycles. The summed E-state index contributed by atoms with van der Waals surface area (Å²) in [5, 5.41) is 0.929. The lowest BCUT2D eigenvalue weighted by atomic mass is 9.72. The molecule has 0 amide bonds. The Bertz CT molecular complexity index is 134. The average molecular weight is 186 g/mol. The van der Waals surface area contributed by atoms with Gasteiger partial charge in [0.2, 0.25) is 0 Å². The van der Waals surface area contributed by atoms with E-state index in [4.69, 9.17) is 0 Å². The van der Waals surface area contributed by atoms with E-state index in [9.17, 15) is 0 Å². The van der Waals surface area contributed by atoms with Gasteiger partial charge in [0.25, 0.3) is 0 Å². The molecule has 1 heteroatoms. The van der Waals surface area contributed by atoms with E-state index in [-0.39, 0.29) is 0 Å². The Balaban J connectivity index is 2.59. The monoisotopic (exact) mass is 186 g/mol. The van der Waals surface area contributed by atoms with Crippen LogP contribution in [0.5, 0.6) is 0 Å². The van der Waals surface area contributed by atoms with Gasteiger partial charge in [-0.2, -0.15) is 11.8 Å². The molecule has 1 fully saturated rings. The van der Waals surface area contributed by atoms with E-state index in [2.05, 4.69) is 38.8 Å². The minimum absolute atomic E-state index is 0.522. The van der Waals surface area contributed by atoms with Crippen molar-refractivity contribution in [3.05, 3.63) is 0 Å². The van der Waals surface area contributed by atoms with Gasteiger partial charge in [-0.1, -0.05) is 33.6 Å². The maximum atomic E-state index is 2.40. The second-order valence-corrected chi connectivity index (χ2v) is 6.11. The van der Waals surface area contributed by atoms with Gasteiger partial charge in [0.05, 0.1) is 0 Å². The predicted molar refractivity (Wildman–Crippen MR) is 58.7 cm³/mol. The van der Waals surface area contributed by atoms with Gasteiger partial charge < -0.3 is 0 Å². The standard InChI is InChI=1S/C11H22S/c1-11(2,3)9-7-5-6-8-10(9)12-4/h9-10H,5-8H2,1-4H3. The molecule has 1 saturated carbocycles. The maximum absolute atomic E-state index is 2.40. The van der Waals surface area contributed by atoms with Crippen LogP contribution in [0.15, 0.2) is 0 Å². The molecule has 0 aromatic heterocycles. The van der Waals surface area contributed by atoms with Crippen molar-refractivity contribution < 1.29 is 0 Å². The minimum atomic E-state index is 0.522. The van der Waals surface area contributed by atoms with Crippen molar-refractivity contribution >= 4 is 11.8 Å². The number of hydrogen-bond acceptors (Lipinski definition) is 1. The Morgan fingerprint density at radius 1 is 1.08 bits per heavy atom. The summed E-state index contributed by atoms with van der Waals surface area (Å²) in [6.07, 6.45) is 8.09. The van der Waals surface area contributed by atoms with Crippen LogP contribution >= 0.6 is 11.8 Å². The Kier molecular flexibility index (Phi) is 3.51. The molecule has 1 aliphatic rings. The fraction of sp³-hybridized carbons (Fsp3) is 1.00. The molecular formula is C11H22S. The van der Waals surface area contributed by atoms with Gasteiger partial charge >= 0.3 is 0 Å². The zero-order chi connectivity index (χ0) is 9.19. The van der Waals surface area contributed by atoms with Gasteiger partial charge in [-0.15, -0.1) is 0 Å². The summed E-state index contributed by atoms with van der Waals surface area (Å²) in [5.41, 5.74) is 0.522. The molecule has 1 rings (SSSR count). The zero-order valence-electron chi connectivity index (χ0n) is 8.89. The van der Waals surface area contributed by atoms with Crippen LogP contribution < -0.4 is 0 Å². The van der Waals surface area contributed by atoms with Crippen molar-refractivity contribution in [2.75, 3.05) is 6.26 Å². The average Bonchev–Trinajstić information content (AvgIpc) is 2.03. The molecule has 2 atom stereocenters. The Morgan fingerprint density at radius 2 is 1.67 bits per heavy atom. The summed E-state index contributed by atoms with van der Waals surface area (Å²) in [6, 6.07) is 0. The first-order valence-electron chi connectivity index (χ1n) is 5.08. The molecule has 0 heterocycles. The highest BCUT2D eigenvalue weighted by Gasteiger charge is 2.33. The van der Waals surface area contributed by atoms with Crippen LogP contribution in [0.2, 0.25) is 0 Å². The Labute approximate surface area is 81.5 Å². The molecule has 0 aromatic carbocycles. The van der Waals surface area contributed by atoms with E-state index in [0.717, 1.165) is 11.2 Å². The van der Waals surface area contributed by atoms with Crippen LogP contribution in [0, 0.1) is 11.3 Å². The van der Waals surface area contributed by atoms with E-state index in [1.807, 2.05) is 0 Å². The lowest BCUT2D eigenvalue weighted by molar-refractivity contribution is 0.187. The van der Waals surface area contributed by atoms with Gasteiger partial charge in [-0.25, -0.2) is 0 Å². The molecule has 0 aromatic rings. The molecule has 0 bridgehead atoms. The summed E-state index contributed by atoms with van der Waals surface area (Å²) in [6.45, 7) is 7.19. The van der Waals surface area contributed by atoms with Gasteiger partial charge in [0, 0.05) is 5.25 Å². The van der Waals surface area contributed by atoms with Crippen LogP contribution in [-0.4, -0.2) is 11.5 Å². The van der Waals surface area contributed by atoms with Crippen molar-refractivity contribution in [3.8, 4) is 0 Å². The first-order chi connectivity index (χ1) is 5.55. The summed E-state index contributed by atoms with van der Waals surface area (Å²) in [7, 11) is 0. The van der Waals surface area contributed by atoms with Crippen molar-refractivity contribution in [3.63, 3.8) is 0 Å². The van der Waals surface area contributed by atoms with Crippen molar-refractivity contribution in [1.82, 2.24) is 0 Å². The molecule has 0 nitrogen and oxygen atoms in total. The second-order valence-electron chi connectivity index (χ2n) is 5.03. The quantitative estimate of drug-likeness (QED) is 0.597.